The highest BCUT2D eigenvalue weighted by Crippen LogP contribution is 2.22. The van der Waals surface area contributed by atoms with Crippen LogP contribution in [0.15, 0.2) is 52.0 Å². The molecule has 2 aromatic rings. The summed E-state index contributed by atoms with van der Waals surface area (Å²) >= 11 is 3.41. The molecule has 98 valence electrons. The van der Waals surface area contributed by atoms with Crippen molar-refractivity contribution in [2.75, 3.05) is 0 Å². The van der Waals surface area contributed by atoms with E-state index in [1.165, 1.54) is 5.56 Å². The quantitative estimate of drug-likeness (QED) is 0.531. The molecule has 0 heterocycles. The Morgan fingerprint density at radius 3 is 2.84 bits per heavy atom. The number of ether oxygens (including phenoxy) is 1. The summed E-state index contributed by atoms with van der Waals surface area (Å²) in [5, 5.41) is 3.55. The molecular weight excluding hydrogens is 304 g/mol. The molecule has 2 N–H and O–H groups in total. The Morgan fingerprint density at radius 2 is 2.11 bits per heavy atom. The van der Waals surface area contributed by atoms with Crippen LogP contribution in [0.3, 0.4) is 0 Å². The van der Waals surface area contributed by atoms with Gasteiger partial charge in [-0.3, -0.25) is 0 Å². The van der Waals surface area contributed by atoms with E-state index >= 15 is 0 Å². The number of aryl methyl sites for hydroxylation is 1. The van der Waals surface area contributed by atoms with Crippen molar-refractivity contribution in [1.82, 2.24) is 0 Å². The molecule has 0 saturated carbocycles. The zero-order valence-corrected chi connectivity index (χ0v) is 12.2. The Balaban J connectivity index is 2.15. The summed E-state index contributed by atoms with van der Waals surface area (Å²) in [6.07, 6.45) is 1.58. The van der Waals surface area contributed by atoms with Crippen molar-refractivity contribution in [1.29, 1.82) is 0 Å². The van der Waals surface area contributed by atoms with Gasteiger partial charge in [0.05, 0.1) is 6.21 Å². The van der Waals surface area contributed by atoms with Gasteiger partial charge in [-0.05, 0) is 30.7 Å². The first kappa shape index (κ1) is 13.6. The topological polar surface area (TPSA) is 47.6 Å². The number of hydrazone groups is 1. The molecule has 0 amide bonds. The minimum atomic E-state index is 0.523. The largest absolute Gasteiger partial charge is 0.488 e. The molecule has 0 aliphatic rings. The maximum atomic E-state index is 5.82. The van der Waals surface area contributed by atoms with Crippen molar-refractivity contribution < 1.29 is 4.74 Å². The predicted octanol–water partition coefficient (Wildman–Crippen LogP) is 3.63. The van der Waals surface area contributed by atoms with Crippen molar-refractivity contribution in [2.24, 2.45) is 10.9 Å². The van der Waals surface area contributed by atoms with Gasteiger partial charge in [0.2, 0.25) is 0 Å². The SMILES string of the molecule is Cc1cccc(COc2ccc(Br)cc2C=NN)c1. The second-order valence-corrected chi connectivity index (χ2v) is 5.15. The fourth-order valence-corrected chi connectivity index (χ4v) is 2.17. The van der Waals surface area contributed by atoms with Crippen LogP contribution in [0.25, 0.3) is 0 Å². The molecule has 2 rings (SSSR count). The Labute approximate surface area is 121 Å². The van der Waals surface area contributed by atoms with Gasteiger partial charge < -0.3 is 10.6 Å². The van der Waals surface area contributed by atoms with Crippen LogP contribution in [0, 0.1) is 6.92 Å². The molecule has 0 bridgehead atoms. The monoisotopic (exact) mass is 318 g/mol. The average molecular weight is 319 g/mol. The van der Waals surface area contributed by atoms with Crippen LogP contribution in [-0.4, -0.2) is 6.21 Å². The van der Waals surface area contributed by atoms with E-state index in [9.17, 15) is 0 Å². The average Bonchev–Trinajstić information content (AvgIpc) is 2.38. The number of halogens is 1. The van der Waals surface area contributed by atoms with Gasteiger partial charge in [0.25, 0.3) is 0 Å². The molecule has 0 aromatic heterocycles. The smallest absolute Gasteiger partial charge is 0.128 e. The van der Waals surface area contributed by atoms with Crippen molar-refractivity contribution in [3.05, 3.63) is 63.6 Å². The summed E-state index contributed by atoms with van der Waals surface area (Å²) < 4.78 is 6.78. The first-order chi connectivity index (χ1) is 9.19. The number of hydrogen-bond acceptors (Lipinski definition) is 3. The molecule has 3 nitrogen and oxygen atoms in total. The van der Waals surface area contributed by atoms with Crippen LogP contribution >= 0.6 is 15.9 Å². The van der Waals surface area contributed by atoms with E-state index in [0.29, 0.717) is 6.61 Å². The molecule has 4 heteroatoms. The summed E-state index contributed by atoms with van der Waals surface area (Å²) in [6, 6.07) is 14.0. The van der Waals surface area contributed by atoms with Crippen molar-refractivity contribution in [3.8, 4) is 5.75 Å². The molecule has 0 aliphatic heterocycles. The maximum Gasteiger partial charge on any atom is 0.128 e. The third-order valence-corrected chi connectivity index (χ3v) is 3.16. The first-order valence-electron chi connectivity index (χ1n) is 5.90. The fraction of sp³-hybridized carbons (Fsp3) is 0.133. The van der Waals surface area contributed by atoms with Crippen LogP contribution in [0.5, 0.6) is 5.75 Å². The lowest BCUT2D eigenvalue weighted by Gasteiger charge is -2.10. The van der Waals surface area contributed by atoms with Crippen LogP contribution in [0.1, 0.15) is 16.7 Å². The Kier molecular flexibility index (Phi) is 4.58. The summed E-state index contributed by atoms with van der Waals surface area (Å²) in [4.78, 5) is 0. The Morgan fingerprint density at radius 1 is 1.26 bits per heavy atom. The minimum Gasteiger partial charge on any atom is -0.488 e. The van der Waals surface area contributed by atoms with Crippen molar-refractivity contribution in [3.63, 3.8) is 0 Å². The Hall–Kier alpha value is -1.81. The van der Waals surface area contributed by atoms with Crippen LogP contribution in [0.2, 0.25) is 0 Å². The second kappa shape index (κ2) is 6.38. The van der Waals surface area contributed by atoms with Gasteiger partial charge in [0.1, 0.15) is 12.4 Å². The van der Waals surface area contributed by atoms with E-state index in [-0.39, 0.29) is 0 Å². The molecule has 0 spiro atoms. The van der Waals surface area contributed by atoms with E-state index < -0.39 is 0 Å². The van der Waals surface area contributed by atoms with Gasteiger partial charge >= 0.3 is 0 Å². The molecule has 0 aliphatic carbocycles. The molecule has 0 radical (unpaired) electrons. The molecule has 2 aromatic carbocycles. The standard InChI is InChI=1S/C15H15BrN2O/c1-11-3-2-4-12(7-11)10-19-15-6-5-14(16)8-13(15)9-18-17/h2-9H,10,17H2,1H3. The summed E-state index contributed by atoms with van der Waals surface area (Å²) in [7, 11) is 0. The van der Waals surface area contributed by atoms with Crippen molar-refractivity contribution in [2.45, 2.75) is 13.5 Å². The van der Waals surface area contributed by atoms with Crippen molar-refractivity contribution >= 4 is 22.1 Å². The van der Waals surface area contributed by atoms with Gasteiger partial charge in [-0.25, -0.2) is 0 Å². The van der Waals surface area contributed by atoms with E-state index in [1.807, 2.05) is 30.3 Å². The van der Waals surface area contributed by atoms with Gasteiger partial charge in [-0.15, -0.1) is 0 Å². The lowest BCUT2D eigenvalue weighted by molar-refractivity contribution is 0.305. The normalized spacial score (nSPS) is 10.8. The fourth-order valence-electron chi connectivity index (χ4n) is 1.79. The van der Waals surface area contributed by atoms with Crippen LogP contribution in [-0.2, 0) is 6.61 Å². The molecule has 0 unspecified atom stereocenters. The number of nitrogens with zero attached hydrogens (tertiary/aromatic N) is 1. The molecule has 0 fully saturated rings. The number of rotatable bonds is 4. The predicted molar refractivity (Wildman–Crippen MR) is 81.4 cm³/mol. The lowest BCUT2D eigenvalue weighted by Crippen LogP contribution is -1.99. The molecular formula is C15H15BrN2O. The Bertz CT molecular complexity index is 596. The highest BCUT2D eigenvalue weighted by Gasteiger charge is 2.03. The number of nitrogens with two attached hydrogens (primary N) is 1. The van der Waals surface area contributed by atoms with E-state index in [2.05, 4.69) is 40.1 Å². The van der Waals surface area contributed by atoms with E-state index in [0.717, 1.165) is 21.3 Å². The summed E-state index contributed by atoms with van der Waals surface area (Å²) in [5.74, 6) is 5.97. The van der Waals surface area contributed by atoms with Gasteiger partial charge in [-0.2, -0.15) is 5.10 Å². The highest BCUT2D eigenvalue weighted by atomic mass is 79.9. The zero-order valence-electron chi connectivity index (χ0n) is 10.6. The van der Waals surface area contributed by atoms with Crippen LogP contribution in [0.4, 0.5) is 0 Å². The molecule has 19 heavy (non-hydrogen) atoms. The summed E-state index contributed by atoms with van der Waals surface area (Å²) in [5.41, 5.74) is 3.21. The zero-order chi connectivity index (χ0) is 13.7. The first-order valence-corrected chi connectivity index (χ1v) is 6.69. The second-order valence-electron chi connectivity index (χ2n) is 4.24. The molecule has 0 atom stereocenters. The highest BCUT2D eigenvalue weighted by molar-refractivity contribution is 9.10. The summed E-state index contributed by atoms with van der Waals surface area (Å²) in [6.45, 7) is 2.59. The number of hydrogen-bond donors (Lipinski definition) is 1. The third-order valence-electron chi connectivity index (χ3n) is 2.66. The maximum absolute atomic E-state index is 5.82. The van der Waals surface area contributed by atoms with Gasteiger partial charge in [0, 0.05) is 10.0 Å². The van der Waals surface area contributed by atoms with Gasteiger partial charge in [0.15, 0.2) is 0 Å². The van der Waals surface area contributed by atoms with E-state index in [4.69, 9.17) is 10.6 Å². The van der Waals surface area contributed by atoms with Gasteiger partial charge in [-0.1, -0.05) is 45.8 Å². The van der Waals surface area contributed by atoms with E-state index in [1.54, 1.807) is 6.21 Å². The lowest BCUT2D eigenvalue weighted by atomic mass is 10.1. The van der Waals surface area contributed by atoms with Crippen LogP contribution < -0.4 is 10.6 Å². The minimum absolute atomic E-state index is 0.523. The number of benzene rings is 2. The molecule has 0 saturated heterocycles. The third kappa shape index (κ3) is 3.83.